The second kappa shape index (κ2) is 7.63. The van der Waals surface area contributed by atoms with Gasteiger partial charge < -0.3 is 55.1 Å². The molecular formula is C12H22O11. The third-order valence-electron chi connectivity index (χ3n) is 3.98. The average molecular weight is 342 g/mol. The lowest BCUT2D eigenvalue weighted by atomic mass is 9.97. The molecule has 0 unspecified atom stereocenters. The molecule has 10 atom stereocenters. The van der Waals surface area contributed by atoms with E-state index in [0.29, 0.717) is 0 Å². The van der Waals surface area contributed by atoms with Gasteiger partial charge in [-0.1, -0.05) is 0 Å². The van der Waals surface area contributed by atoms with Crippen LogP contribution in [-0.2, 0) is 14.2 Å². The molecule has 0 radical (unpaired) electrons. The Morgan fingerprint density at radius 3 is 1.83 bits per heavy atom. The van der Waals surface area contributed by atoms with Crippen LogP contribution < -0.4 is 0 Å². The first-order valence-electron chi connectivity index (χ1n) is 7.08. The first-order valence-corrected chi connectivity index (χ1v) is 7.08. The van der Waals surface area contributed by atoms with Crippen LogP contribution in [0.15, 0.2) is 0 Å². The molecule has 2 aliphatic heterocycles. The molecule has 2 rings (SSSR count). The summed E-state index contributed by atoms with van der Waals surface area (Å²) in [4.78, 5) is 0. The van der Waals surface area contributed by atoms with Crippen LogP contribution in [0.3, 0.4) is 0 Å². The fourth-order valence-corrected chi connectivity index (χ4v) is 2.57. The molecule has 0 aliphatic carbocycles. The first-order chi connectivity index (χ1) is 10.8. The maximum atomic E-state index is 9.94. The minimum absolute atomic E-state index is 0.667. The predicted octanol–water partition coefficient (Wildman–Crippen LogP) is -5.40. The van der Waals surface area contributed by atoms with Crippen molar-refractivity contribution in [3.63, 3.8) is 0 Å². The van der Waals surface area contributed by atoms with E-state index in [2.05, 4.69) is 0 Å². The van der Waals surface area contributed by atoms with Crippen molar-refractivity contribution in [2.24, 2.45) is 0 Å². The number of hydrogen-bond donors (Lipinski definition) is 8. The topological polar surface area (TPSA) is 190 Å². The Morgan fingerprint density at radius 1 is 0.652 bits per heavy atom. The third kappa shape index (κ3) is 3.65. The summed E-state index contributed by atoms with van der Waals surface area (Å²) in [6.07, 6.45) is -15.6. The SMILES string of the molecule is OC[C@@H]1O[C@@H](O[C@H]2[C@H](O)[C@@H](O)[C@H](O)O[C@@H]2CO)[C@H](O)[C@@H](O)[C@@H]1O. The molecule has 0 aromatic carbocycles. The quantitative estimate of drug-likeness (QED) is 0.243. The van der Waals surface area contributed by atoms with E-state index in [1.807, 2.05) is 0 Å². The number of aliphatic hydroxyl groups is 8. The Morgan fingerprint density at radius 2 is 1.26 bits per heavy atom. The lowest BCUT2D eigenvalue weighted by Crippen LogP contribution is -2.64. The van der Waals surface area contributed by atoms with Crippen LogP contribution in [0.25, 0.3) is 0 Å². The van der Waals surface area contributed by atoms with Gasteiger partial charge >= 0.3 is 0 Å². The molecule has 2 fully saturated rings. The van der Waals surface area contributed by atoms with Gasteiger partial charge in [-0.15, -0.1) is 0 Å². The van der Waals surface area contributed by atoms with Crippen molar-refractivity contribution in [2.45, 2.75) is 61.4 Å². The molecule has 0 aromatic rings. The summed E-state index contributed by atoms with van der Waals surface area (Å²) in [5.74, 6) is 0. The maximum Gasteiger partial charge on any atom is 0.187 e. The van der Waals surface area contributed by atoms with Crippen LogP contribution in [-0.4, -0.2) is 115 Å². The lowest BCUT2D eigenvalue weighted by Gasteiger charge is -2.45. The van der Waals surface area contributed by atoms with Gasteiger partial charge in [0.2, 0.25) is 0 Å². The molecule has 0 aromatic heterocycles. The van der Waals surface area contributed by atoms with E-state index in [-0.39, 0.29) is 0 Å². The smallest absolute Gasteiger partial charge is 0.187 e. The van der Waals surface area contributed by atoms with Crippen molar-refractivity contribution in [1.82, 2.24) is 0 Å². The van der Waals surface area contributed by atoms with Gasteiger partial charge in [0.1, 0.15) is 48.8 Å². The summed E-state index contributed by atoms with van der Waals surface area (Å²) in [6, 6.07) is 0. The molecule has 11 heteroatoms. The summed E-state index contributed by atoms with van der Waals surface area (Å²) in [5, 5.41) is 76.5. The summed E-state index contributed by atoms with van der Waals surface area (Å²) in [7, 11) is 0. The van der Waals surface area contributed by atoms with Crippen molar-refractivity contribution in [3.8, 4) is 0 Å². The van der Waals surface area contributed by atoms with Crippen LogP contribution in [0.1, 0.15) is 0 Å². The number of rotatable bonds is 4. The molecule has 0 amide bonds. The highest BCUT2D eigenvalue weighted by Gasteiger charge is 2.50. The molecule has 8 N–H and O–H groups in total. The van der Waals surface area contributed by atoms with Crippen LogP contribution in [0, 0.1) is 0 Å². The van der Waals surface area contributed by atoms with Crippen LogP contribution >= 0.6 is 0 Å². The summed E-state index contributed by atoms with van der Waals surface area (Å²) in [5.41, 5.74) is 0. The molecule has 0 bridgehead atoms. The van der Waals surface area contributed by atoms with E-state index in [9.17, 15) is 35.7 Å². The fraction of sp³-hybridized carbons (Fsp3) is 1.00. The largest absolute Gasteiger partial charge is 0.394 e. The van der Waals surface area contributed by atoms with Crippen molar-refractivity contribution in [3.05, 3.63) is 0 Å². The van der Waals surface area contributed by atoms with Crippen LogP contribution in [0.4, 0.5) is 0 Å². The molecule has 0 saturated carbocycles. The van der Waals surface area contributed by atoms with Gasteiger partial charge in [-0.2, -0.15) is 0 Å². The Bertz CT molecular complexity index is 378. The molecule has 2 saturated heterocycles. The van der Waals surface area contributed by atoms with E-state index < -0.39 is 74.6 Å². The zero-order valence-corrected chi connectivity index (χ0v) is 12.0. The number of aliphatic hydroxyl groups excluding tert-OH is 8. The normalized spacial score (nSPS) is 51.7. The third-order valence-corrected chi connectivity index (χ3v) is 3.98. The number of hydrogen-bond acceptors (Lipinski definition) is 11. The standard InChI is InChI=1S/C12H22O11/c13-1-3-5(15)6(16)9(19)12(22-3)23-10-4(2-14)21-11(20)8(18)7(10)17/h3-20H,1-2H2/t3-,4+,5+,6-,7+,8+,9+,10+,11+,12-/m0/s1. The van der Waals surface area contributed by atoms with Crippen molar-refractivity contribution < 1.29 is 55.1 Å². The zero-order valence-electron chi connectivity index (χ0n) is 12.0. The highest BCUT2D eigenvalue weighted by Crippen LogP contribution is 2.28. The van der Waals surface area contributed by atoms with E-state index in [1.54, 1.807) is 0 Å². The minimum atomic E-state index is -1.74. The van der Waals surface area contributed by atoms with Crippen molar-refractivity contribution in [1.29, 1.82) is 0 Å². The van der Waals surface area contributed by atoms with E-state index >= 15 is 0 Å². The van der Waals surface area contributed by atoms with Gasteiger partial charge in [-0.3, -0.25) is 0 Å². The van der Waals surface area contributed by atoms with Crippen LogP contribution in [0.2, 0.25) is 0 Å². The van der Waals surface area contributed by atoms with Gasteiger partial charge in [-0.05, 0) is 0 Å². The molecule has 136 valence electrons. The fourth-order valence-electron chi connectivity index (χ4n) is 2.57. The minimum Gasteiger partial charge on any atom is -0.394 e. The maximum absolute atomic E-state index is 9.94. The van der Waals surface area contributed by atoms with E-state index in [4.69, 9.17) is 19.3 Å². The summed E-state index contributed by atoms with van der Waals surface area (Å²) < 4.78 is 15.3. The zero-order chi connectivity index (χ0) is 17.3. The summed E-state index contributed by atoms with van der Waals surface area (Å²) >= 11 is 0. The Labute approximate surface area is 130 Å². The van der Waals surface area contributed by atoms with E-state index in [1.165, 1.54) is 0 Å². The van der Waals surface area contributed by atoms with Gasteiger partial charge in [0.15, 0.2) is 12.6 Å². The van der Waals surface area contributed by atoms with Gasteiger partial charge in [-0.25, -0.2) is 0 Å². The molecule has 0 spiro atoms. The number of ether oxygens (including phenoxy) is 3. The average Bonchev–Trinajstić information content (AvgIpc) is 2.55. The molecule has 11 nitrogen and oxygen atoms in total. The molecule has 2 aliphatic rings. The second-order valence-corrected chi connectivity index (χ2v) is 5.53. The van der Waals surface area contributed by atoms with Gasteiger partial charge in [0, 0.05) is 0 Å². The van der Waals surface area contributed by atoms with Crippen molar-refractivity contribution in [2.75, 3.05) is 13.2 Å². The lowest BCUT2D eigenvalue weighted by molar-refractivity contribution is -0.355. The van der Waals surface area contributed by atoms with Crippen molar-refractivity contribution >= 4 is 0 Å². The monoisotopic (exact) mass is 342 g/mol. The van der Waals surface area contributed by atoms with E-state index in [0.717, 1.165) is 0 Å². The molecule has 2 heterocycles. The highest BCUT2D eigenvalue weighted by molar-refractivity contribution is 4.93. The Kier molecular flexibility index (Phi) is 6.27. The first kappa shape index (κ1) is 18.9. The molecule has 23 heavy (non-hydrogen) atoms. The summed E-state index contributed by atoms with van der Waals surface area (Å²) in [6.45, 7) is -1.35. The van der Waals surface area contributed by atoms with Gasteiger partial charge in [0.05, 0.1) is 13.2 Å². The second-order valence-electron chi connectivity index (χ2n) is 5.53. The van der Waals surface area contributed by atoms with Gasteiger partial charge in [0.25, 0.3) is 0 Å². The Balaban J connectivity index is 2.11. The Hall–Kier alpha value is -0.440. The van der Waals surface area contributed by atoms with Crippen LogP contribution in [0.5, 0.6) is 0 Å². The molecular weight excluding hydrogens is 320 g/mol. The predicted molar refractivity (Wildman–Crippen MR) is 68.6 cm³/mol. The highest BCUT2D eigenvalue weighted by atomic mass is 16.7.